The molecular weight excluding hydrogens is 905 g/mol. The molecule has 0 saturated carbocycles. The Morgan fingerprint density at radius 3 is 1.28 bits per heavy atom. The lowest BCUT2D eigenvalue weighted by Gasteiger charge is -2.29. The predicted octanol–water partition coefficient (Wildman–Crippen LogP) is 19.6. The van der Waals surface area contributed by atoms with Crippen molar-refractivity contribution in [3.8, 4) is 44.5 Å². The number of anilines is 6. The van der Waals surface area contributed by atoms with Crippen LogP contribution < -0.4 is 9.80 Å². The quantitative estimate of drug-likeness (QED) is 0.159. The third-order valence-corrected chi connectivity index (χ3v) is 17.0. The van der Waals surface area contributed by atoms with Gasteiger partial charge in [-0.15, -0.1) is 0 Å². The topological polar surface area (TPSA) is 6.48 Å². The number of fused-ring (bicyclic) bond motifs is 10. The molecule has 12 aromatic carbocycles. The molecule has 15 rings (SSSR count). The van der Waals surface area contributed by atoms with Gasteiger partial charge in [-0.3, -0.25) is 0 Å². The van der Waals surface area contributed by atoms with Gasteiger partial charge in [-0.2, -0.15) is 0 Å². The molecule has 75 heavy (non-hydrogen) atoms. The molecule has 2 nitrogen and oxygen atoms in total. The molecule has 1 aliphatic carbocycles. The van der Waals surface area contributed by atoms with Crippen LogP contribution in [-0.2, 0) is 31.1 Å². The van der Waals surface area contributed by atoms with Crippen molar-refractivity contribution in [2.75, 3.05) is 9.80 Å². The van der Waals surface area contributed by atoms with Crippen LogP contribution in [0.4, 0.5) is 34.1 Å². The average Bonchev–Trinajstić information content (AvgIpc) is 3.59. The minimum atomic E-state index is -0.168. The van der Waals surface area contributed by atoms with Crippen molar-refractivity contribution in [1.82, 2.24) is 0 Å². The van der Waals surface area contributed by atoms with Gasteiger partial charge in [0.25, 0.3) is 0 Å². The lowest BCUT2D eigenvalue weighted by molar-refractivity contribution is 0.660. The first kappa shape index (κ1) is 43.6. The van der Waals surface area contributed by atoms with E-state index in [0.29, 0.717) is 0 Å². The van der Waals surface area contributed by atoms with Crippen molar-refractivity contribution in [2.24, 2.45) is 0 Å². The van der Waals surface area contributed by atoms with Crippen LogP contribution >= 0.6 is 0 Å². The van der Waals surface area contributed by atoms with Gasteiger partial charge < -0.3 is 9.80 Å². The Kier molecular flexibility index (Phi) is 9.91. The standard InChI is InChI=1S/C73H54N2/c1-73(2)65-27-13-12-26-58(65)59-39-36-52(44-66(59)73)71-61-40-37-54(75-69-30-16-8-22-50(69)34-35-51-23-9-17-31-70(51)75)46-64(61)72(60-43-42-55(47-18-4-3-5-19-47)56-24-10-11-25-57(56)60)62-41-38-53(45-63(62)71)74-67-28-14-6-20-48(67)32-33-49-21-7-15-29-68(49)74/h3-31,36-46H,32-35H2,1-2H3. The van der Waals surface area contributed by atoms with Crippen molar-refractivity contribution in [2.45, 2.75) is 44.9 Å². The maximum atomic E-state index is 2.54. The van der Waals surface area contributed by atoms with E-state index in [2.05, 4.69) is 266 Å². The van der Waals surface area contributed by atoms with Gasteiger partial charge in [0.15, 0.2) is 0 Å². The lowest BCUT2D eigenvalue weighted by Crippen LogP contribution is -2.15. The van der Waals surface area contributed by atoms with E-state index in [1.165, 1.54) is 133 Å². The van der Waals surface area contributed by atoms with Gasteiger partial charge in [0.1, 0.15) is 0 Å². The molecule has 0 aromatic heterocycles. The summed E-state index contributed by atoms with van der Waals surface area (Å²) in [4.78, 5) is 5.07. The maximum absolute atomic E-state index is 2.54. The molecule has 3 aliphatic rings. The second-order valence-electron chi connectivity index (χ2n) is 21.4. The highest BCUT2D eigenvalue weighted by Crippen LogP contribution is 2.54. The molecule has 2 aliphatic heterocycles. The van der Waals surface area contributed by atoms with Crippen LogP contribution in [0.2, 0.25) is 0 Å². The fraction of sp³-hybridized carbons (Fsp3) is 0.0959. The molecule has 2 heteroatoms. The van der Waals surface area contributed by atoms with Crippen LogP contribution in [0.3, 0.4) is 0 Å². The number of hydrogen-bond acceptors (Lipinski definition) is 2. The molecular formula is C73H54N2. The van der Waals surface area contributed by atoms with Crippen molar-refractivity contribution in [3.63, 3.8) is 0 Å². The number of para-hydroxylation sites is 4. The summed E-state index contributed by atoms with van der Waals surface area (Å²) in [5.74, 6) is 0. The lowest BCUT2D eigenvalue weighted by atomic mass is 9.80. The van der Waals surface area contributed by atoms with Crippen molar-refractivity contribution in [1.29, 1.82) is 0 Å². The normalized spacial score (nSPS) is 14.1. The second-order valence-corrected chi connectivity index (χ2v) is 21.4. The van der Waals surface area contributed by atoms with E-state index in [1.54, 1.807) is 0 Å². The Balaban J connectivity index is 1.08. The zero-order chi connectivity index (χ0) is 49.8. The zero-order valence-corrected chi connectivity index (χ0v) is 42.3. The SMILES string of the molecule is CC1(C)c2ccccc2-c2ccc(-c3c4cc(N5c6ccccc6CCc6ccccc65)ccc4c(-c4ccc(-c5ccccc5)c5ccccc45)c4cc(N5c6ccccc6CCc6ccccc65)ccc34)cc21. The molecule has 0 amide bonds. The summed E-state index contributed by atoms with van der Waals surface area (Å²) in [6.07, 6.45) is 3.96. The average molecular weight is 959 g/mol. The highest BCUT2D eigenvalue weighted by atomic mass is 15.2. The highest BCUT2D eigenvalue weighted by molar-refractivity contribution is 6.25. The minimum Gasteiger partial charge on any atom is -0.310 e. The first-order valence-corrected chi connectivity index (χ1v) is 26.8. The zero-order valence-electron chi connectivity index (χ0n) is 42.3. The van der Waals surface area contributed by atoms with Gasteiger partial charge >= 0.3 is 0 Å². The van der Waals surface area contributed by atoms with Gasteiger partial charge in [-0.25, -0.2) is 0 Å². The Morgan fingerprint density at radius 1 is 0.280 bits per heavy atom. The monoisotopic (exact) mass is 958 g/mol. The number of hydrogen-bond donors (Lipinski definition) is 0. The third kappa shape index (κ3) is 6.79. The highest BCUT2D eigenvalue weighted by Gasteiger charge is 2.36. The number of rotatable bonds is 5. The second kappa shape index (κ2) is 17.0. The summed E-state index contributed by atoms with van der Waals surface area (Å²) in [7, 11) is 0. The molecule has 0 unspecified atom stereocenters. The third-order valence-electron chi connectivity index (χ3n) is 17.0. The van der Waals surface area contributed by atoms with Crippen LogP contribution in [0.1, 0.15) is 47.2 Å². The van der Waals surface area contributed by atoms with E-state index in [9.17, 15) is 0 Å². The summed E-state index contributed by atoms with van der Waals surface area (Å²) >= 11 is 0. The van der Waals surface area contributed by atoms with Gasteiger partial charge in [0.2, 0.25) is 0 Å². The van der Waals surface area contributed by atoms with Crippen LogP contribution in [0.25, 0.3) is 76.8 Å². The molecule has 0 fully saturated rings. The first-order valence-electron chi connectivity index (χ1n) is 26.8. The molecule has 0 N–H and O–H groups in total. The molecule has 0 radical (unpaired) electrons. The van der Waals surface area contributed by atoms with E-state index in [1.807, 2.05) is 0 Å². The van der Waals surface area contributed by atoms with E-state index >= 15 is 0 Å². The smallest absolute Gasteiger partial charge is 0.0493 e. The van der Waals surface area contributed by atoms with Gasteiger partial charge in [-0.05, 0) is 190 Å². The molecule has 0 bridgehead atoms. The Bertz CT molecular complexity index is 4200. The van der Waals surface area contributed by atoms with Crippen molar-refractivity contribution >= 4 is 66.4 Å². The van der Waals surface area contributed by atoms with Gasteiger partial charge in [-0.1, -0.05) is 202 Å². The molecule has 12 aromatic rings. The first-order chi connectivity index (χ1) is 37.0. The predicted molar refractivity (Wildman–Crippen MR) is 317 cm³/mol. The summed E-state index contributed by atoms with van der Waals surface area (Å²) in [6.45, 7) is 4.81. The van der Waals surface area contributed by atoms with Crippen molar-refractivity contribution in [3.05, 3.63) is 276 Å². The largest absolute Gasteiger partial charge is 0.310 e. The molecule has 2 heterocycles. The Morgan fingerprint density at radius 2 is 0.707 bits per heavy atom. The molecule has 0 atom stereocenters. The molecule has 0 saturated heterocycles. The fourth-order valence-electron chi connectivity index (χ4n) is 13.4. The summed E-state index contributed by atoms with van der Waals surface area (Å²) in [5, 5.41) is 7.41. The van der Waals surface area contributed by atoms with E-state index in [4.69, 9.17) is 0 Å². The minimum absolute atomic E-state index is 0.168. The number of aryl methyl sites for hydroxylation is 4. The maximum Gasteiger partial charge on any atom is 0.0493 e. The van der Waals surface area contributed by atoms with E-state index in [0.717, 1.165) is 37.1 Å². The van der Waals surface area contributed by atoms with Crippen LogP contribution in [0.5, 0.6) is 0 Å². The van der Waals surface area contributed by atoms with Crippen molar-refractivity contribution < 1.29 is 0 Å². The summed E-state index contributed by atoms with van der Waals surface area (Å²) in [5.41, 5.74) is 25.4. The number of nitrogens with zero attached hydrogens (tertiary/aromatic N) is 2. The summed E-state index contributed by atoms with van der Waals surface area (Å²) < 4.78 is 0. The summed E-state index contributed by atoms with van der Waals surface area (Å²) in [6, 6.07) is 91.9. The molecule has 0 spiro atoms. The molecule has 356 valence electrons. The van der Waals surface area contributed by atoms with E-state index in [-0.39, 0.29) is 5.41 Å². The Hall–Kier alpha value is -8.98. The van der Waals surface area contributed by atoms with E-state index < -0.39 is 0 Å². The number of benzene rings is 12. The van der Waals surface area contributed by atoms with Crippen LogP contribution in [0, 0.1) is 0 Å². The van der Waals surface area contributed by atoms with Gasteiger partial charge in [0.05, 0.1) is 0 Å². The Labute approximate surface area is 439 Å². The van der Waals surface area contributed by atoms with Crippen LogP contribution in [-0.4, -0.2) is 0 Å². The van der Waals surface area contributed by atoms with Gasteiger partial charge in [0, 0.05) is 39.5 Å². The fourth-order valence-corrected chi connectivity index (χ4v) is 13.4. The van der Waals surface area contributed by atoms with Crippen LogP contribution in [0.15, 0.2) is 243 Å².